The average molecular weight is 314 g/mol. The molecule has 0 spiro atoms. The predicted octanol–water partition coefficient (Wildman–Crippen LogP) is 3.63. The van der Waals surface area contributed by atoms with Crippen molar-refractivity contribution >= 4 is 17.4 Å². The fourth-order valence-corrected chi connectivity index (χ4v) is 2.89. The van der Waals surface area contributed by atoms with Crippen molar-refractivity contribution in [1.29, 1.82) is 0 Å². The number of anilines is 2. The van der Waals surface area contributed by atoms with Crippen molar-refractivity contribution in [2.24, 2.45) is 0 Å². The van der Waals surface area contributed by atoms with Crippen molar-refractivity contribution in [3.05, 3.63) is 58.9 Å². The molecule has 0 radical (unpaired) electrons. The molecule has 3 rings (SSSR count). The van der Waals surface area contributed by atoms with Crippen LogP contribution >= 0.6 is 0 Å². The van der Waals surface area contributed by atoms with E-state index in [9.17, 15) is 14.3 Å². The molecule has 0 fully saturated rings. The van der Waals surface area contributed by atoms with E-state index in [1.54, 1.807) is 13.0 Å². The minimum Gasteiger partial charge on any atom is -0.393 e. The van der Waals surface area contributed by atoms with Crippen molar-refractivity contribution < 1.29 is 14.3 Å². The average Bonchev–Trinajstić information content (AvgIpc) is 2.51. The van der Waals surface area contributed by atoms with E-state index in [-0.39, 0.29) is 18.0 Å². The minimum absolute atomic E-state index is 0.304. The number of nitrogens with one attached hydrogen (secondary N) is 2. The Kier molecular flexibility index (Phi) is 4.30. The molecule has 23 heavy (non-hydrogen) atoms. The molecule has 0 heterocycles. The van der Waals surface area contributed by atoms with E-state index in [2.05, 4.69) is 10.6 Å². The molecule has 2 aromatic carbocycles. The molecular formula is C18H19FN2O2. The number of aliphatic hydroxyl groups excluding tert-OH is 1. The van der Waals surface area contributed by atoms with Gasteiger partial charge in [0.25, 0.3) is 0 Å². The monoisotopic (exact) mass is 314 g/mol. The van der Waals surface area contributed by atoms with E-state index < -0.39 is 0 Å². The second-order valence-corrected chi connectivity index (χ2v) is 5.88. The normalized spacial score (nSPS) is 16.6. The van der Waals surface area contributed by atoms with Crippen LogP contribution in [0.3, 0.4) is 0 Å². The highest BCUT2D eigenvalue weighted by Crippen LogP contribution is 2.28. The van der Waals surface area contributed by atoms with Crippen molar-refractivity contribution in [2.45, 2.75) is 32.3 Å². The molecule has 0 aromatic heterocycles. The molecular weight excluding hydrogens is 295 g/mol. The summed E-state index contributed by atoms with van der Waals surface area (Å²) in [7, 11) is 0. The predicted molar refractivity (Wildman–Crippen MR) is 88.3 cm³/mol. The summed E-state index contributed by atoms with van der Waals surface area (Å²) in [5.41, 5.74) is 3.86. The Hall–Kier alpha value is -2.40. The largest absolute Gasteiger partial charge is 0.393 e. The molecule has 1 unspecified atom stereocenters. The van der Waals surface area contributed by atoms with Crippen LogP contribution in [0.1, 0.15) is 23.1 Å². The number of amides is 2. The fraction of sp³-hybridized carbons (Fsp3) is 0.278. The molecule has 2 aromatic rings. The van der Waals surface area contributed by atoms with Gasteiger partial charge >= 0.3 is 6.03 Å². The van der Waals surface area contributed by atoms with Crippen LogP contribution < -0.4 is 10.6 Å². The zero-order valence-corrected chi connectivity index (χ0v) is 12.9. The third-order valence-electron chi connectivity index (χ3n) is 4.12. The van der Waals surface area contributed by atoms with Gasteiger partial charge in [-0.15, -0.1) is 0 Å². The summed E-state index contributed by atoms with van der Waals surface area (Å²) in [6.07, 6.45) is 1.73. The Morgan fingerprint density at radius 3 is 2.87 bits per heavy atom. The lowest BCUT2D eigenvalue weighted by atomic mass is 9.88. The van der Waals surface area contributed by atoms with Crippen LogP contribution in [0.2, 0.25) is 0 Å². The molecule has 5 heteroatoms. The minimum atomic E-state index is -0.385. The number of hydrogen-bond donors (Lipinski definition) is 3. The quantitative estimate of drug-likeness (QED) is 0.792. The summed E-state index contributed by atoms with van der Waals surface area (Å²) < 4.78 is 13.3. The molecule has 1 aliphatic rings. The van der Waals surface area contributed by atoms with Crippen LogP contribution in [-0.4, -0.2) is 17.2 Å². The SMILES string of the molecule is Cc1cc(NC(=O)Nc2cccc3c2CC(O)CC3)ccc1F. The van der Waals surface area contributed by atoms with Crippen molar-refractivity contribution in [2.75, 3.05) is 10.6 Å². The maximum absolute atomic E-state index is 13.3. The van der Waals surface area contributed by atoms with E-state index >= 15 is 0 Å². The molecule has 3 N–H and O–H groups in total. The van der Waals surface area contributed by atoms with Gasteiger partial charge < -0.3 is 15.7 Å². The van der Waals surface area contributed by atoms with Crippen LogP contribution in [0.4, 0.5) is 20.6 Å². The first-order chi connectivity index (χ1) is 11.0. The second kappa shape index (κ2) is 6.38. The lowest BCUT2D eigenvalue weighted by Gasteiger charge is -2.23. The van der Waals surface area contributed by atoms with Gasteiger partial charge in [0, 0.05) is 17.8 Å². The smallest absolute Gasteiger partial charge is 0.323 e. The maximum atomic E-state index is 13.3. The van der Waals surface area contributed by atoms with E-state index in [0.29, 0.717) is 23.4 Å². The maximum Gasteiger partial charge on any atom is 0.323 e. The first-order valence-corrected chi connectivity index (χ1v) is 7.66. The molecule has 1 aliphatic carbocycles. The Morgan fingerprint density at radius 1 is 1.26 bits per heavy atom. The van der Waals surface area contributed by atoms with Crippen LogP contribution in [0, 0.1) is 12.7 Å². The van der Waals surface area contributed by atoms with Gasteiger partial charge in [0.2, 0.25) is 0 Å². The second-order valence-electron chi connectivity index (χ2n) is 5.88. The lowest BCUT2D eigenvalue weighted by Crippen LogP contribution is -2.24. The van der Waals surface area contributed by atoms with Crippen LogP contribution in [0.5, 0.6) is 0 Å². The summed E-state index contributed by atoms with van der Waals surface area (Å²) in [4.78, 5) is 12.2. The number of urea groups is 1. The Balaban J connectivity index is 1.74. The number of halogens is 1. The third kappa shape index (κ3) is 3.51. The molecule has 1 atom stereocenters. The zero-order chi connectivity index (χ0) is 16.4. The fourth-order valence-electron chi connectivity index (χ4n) is 2.89. The van der Waals surface area contributed by atoms with Crippen LogP contribution in [-0.2, 0) is 12.8 Å². The van der Waals surface area contributed by atoms with Crippen LogP contribution in [0.15, 0.2) is 36.4 Å². The van der Waals surface area contributed by atoms with E-state index in [1.165, 1.54) is 12.1 Å². The van der Waals surface area contributed by atoms with Crippen molar-refractivity contribution in [1.82, 2.24) is 0 Å². The topological polar surface area (TPSA) is 61.4 Å². The third-order valence-corrected chi connectivity index (χ3v) is 4.12. The highest BCUT2D eigenvalue weighted by Gasteiger charge is 2.19. The highest BCUT2D eigenvalue weighted by molar-refractivity contribution is 6.00. The van der Waals surface area contributed by atoms with Crippen molar-refractivity contribution in [3.63, 3.8) is 0 Å². The standard InChI is InChI=1S/C18H19FN2O2/c1-11-9-13(6-8-16(11)19)20-18(23)21-17-4-2-3-12-5-7-14(22)10-15(12)17/h2-4,6,8-9,14,22H,5,7,10H2,1H3,(H2,20,21,23). The van der Waals surface area contributed by atoms with E-state index in [4.69, 9.17) is 0 Å². The summed E-state index contributed by atoms with van der Waals surface area (Å²) in [6, 6.07) is 9.79. The molecule has 0 saturated carbocycles. The molecule has 120 valence electrons. The Labute approximate surface area is 134 Å². The molecule has 0 bridgehead atoms. The first-order valence-electron chi connectivity index (χ1n) is 7.66. The van der Waals surface area contributed by atoms with E-state index in [1.807, 2.05) is 18.2 Å². The van der Waals surface area contributed by atoms with Gasteiger partial charge in [0.1, 0.15) is 5.82 Å². The van der Waals surface area contributed by atoms with Gasteiger partial charge in [-0.25, -0.2) is 9.18 Å². The van der Waals surface area contributed by atoms with Gasteiger partial charge in [0.05, 0.1) is 6.10 Å². The first kappa shape index (κ1) is 15.5. The summed E-state index contributed by atoms with van der Waals surface area (Å²) in [6.45, 7) is 1.65. The van der Waals surface area contributed by atoms with Gasteiger partial charge in [-0.3, -0.25) is 0 Å². The Bertz CT molecular complexity index is 746. The number of hydrogen-bond acceptors (Lipinski definition) is 2. The number of rotatable bonds is 2. The lowest BCUT2D eigenvalue weighted by molar-refractivity contribution is 0.159. The summed E-state index contributed by atoms with van der Waals surface area (Å²) >= 11 is 0. The molecule has 2 amide bonds. The van der Waals surface area contributed by atoms with Gasteiger partial charge in [-0.1, -0.05) is 12.1 Å². The highest BCUT2D eigenvalue weighted by atomic mass is 19.1. The van der Waals surface area contributed by atoms with E-state index in [0.717, 1.165) is 24.0 Å². The number of aliphatic hydroxyl groups is 1. The number of carbonyl (C=O) groups excluding carboxylic acids is 1. The molecule has 0 saturated heterocycles. The summed E-state index contributed by atoms with van der Waals surface area (Å²) in [5.74, 6) is -0.304. The zero-order valence-electron chi connectivity index (χ0n) is 12.9. The Morgan fingerprint density at radius 2 is 2.09 bits per heavy atom. The van der Waals surface area contributed by atoms with Crippen LogP contribution in [0.25, 0.3) is 0 Å². The van der Waals surface area contributed by atoms with Gasteiger partial charge in [-0.2, -0.15) is 0 Å². The number of aryl methyl sites for hydroxylation is 2. The van der Waals surface area contributed by atoms with Gasteiger partial charge in [0.15, 0.2) is 0 Å². The number of benzene rings is 2. The molecule has 4 nitrogen and oxygen atoms in total. The number of carbonyl (C=O) groups is 1. The summed E-state index contributed by atoms with van der Waals surface area (Å²) in [5, 5.41) is 15.4. The molecule has 0 aliphatic heterocycles. The number of fused-ring (bicyclic) bond motifs is 1. The van der Waals surface area contributed by atoms with Gasteiger partial charge in [-0.05, 0) is 60.7 Å². The van der Waals surface area contributed by atoms with Crippen molar-refractivity contribution in [3.8, 4) is 0 Å².